The maximum absolute atomic E-state index is 9.58. The molecule has 0 spiro atoms. The van der Waals surface area contributed by atoms with Crippen LogP contribution in [0.15, 0.2) is 42.0 Å². The third kappa shape index (κ3) is 3.03. The predicted molar refractivity (Wildman–Crippen MR) is 82.5 cm³/mol. The molecule has 3 nitrogen and oxygen atoms in total. The maximum Gasteiger partial charge on any atom is 0.193 e. The van der Waals surface area contributed by atoms with Crippen LogP contribution in [-0.2, 0) is 12.8 Å². The Labute approximate surface area is 126 Å². The third-order valence-electron chi connectivity index (χ3n) is 3.31. The molecule has 1 aromatic carbocycles. The second-order valence-corrected chi connectivity index (χ2v) is 6.22. The number of nitrogens with zero attached hydrogens (tertiary/aromatic N) is 2. The minimum Gasteiger partial charge on any atom is -0.396 e. The molecule has 2 heterocycles. The zero-order valence-corrected chi connectivity index (χ0v) is 12.4. The zero-order chi connectivity index (χ0) is 13.9. The number of imidazole rings is 1. The predicted octanol–water partition coefficient (Wildman–Crippen LogP) is 3.44. The van der Waals surface area contributed by atoms with E-state index in [1.165, 1.54) is 0 Å². The van der Waals surface area contributed by atoms with Crippen LogP contribution in [0, 0.1) is 5.92 Å². The van der Waals surface area contributed by atoms with Gasteiger partial charge in [0.2, 0.25) is 0 Å². The molecule has 0 saturated carbocycles. The first kappa shape index (κ1) is 13.6. The molecule has 1 N–H and O–H groups in total. The largest absolute Gasteiger partial charge is 0.396 e. The van der Waals surface area contributed by atoms with E-state index in [2.05, 4.69) is 4.98 Å². The summed E-state index contributed by atoms with van der Waals surface area (Å²) in [6.07, 6.45) is 5.62. The highest BCUT2D eigenvalue weighted by molar-refractivity contribution is 7.15. The number of aliphatic hydroxyl groups is 1. The highest BCUT2D eigenvalue weighted by Crippen LogP contribution is 2.19. The highest BCUT2D eigenvalue weighted by Gasteiger charge is 2.13. The van der Waals surface area contributed by atoms with E-state index in [1.807, 2.05) is 46.4 Å². The standard InChI is InChI=1S/C15H15ClN2OS/c16-13-3-1-2-11(7-13)6-12(10-19)8-14-9-18-4-5-20-15(18)17-14/h1-5,7,9,12,19H,6,8,10H2. The monoisotopic (exact) mass is 306 g/mol. The molecular weight excluding hydrogens is 292 g/mol. The van der Waals surface area contributed by atoms with Crippen LogP contribution in [-0.4, -0.2) is 21.1 Å². The highest BCUT2D eigenvalue weighted by atomic mass is 35.5. The fourth-order valence-electron chi connectivity index (χ4n) is 2.37. The molecule has 0 fully saturated rings. The molecule has 3 rings (SSSR count). The van der Waals surface area contributed by atoms with E-state index in [0.717, 1.165) is 34.1 Å². The Morgan fingerprint density at radius 1 is 1.35 bits per heavy atom. The number of hydrogen-bond donors (Lipinski definition) is 1. The van der Waals surface area contributed by atoms with Gasteiger partial charge in [0, 0.05) is 29.4 Å². The number of fused-ring (bicyclic) bond motifs is 1. The van der Waals surface area contributed by atoms with Gasteiger partial charge < -0.3 is 5.11 Å². The first-order valence-electron chi connectivity index (χ1n) is 6.51. The van der Waals surface area contributed by atoms with Crippen LogP contribution >= 0.6 is 22.9 Å². The Hall–Kier alpha value is -1.36. The number of aliphatic hydroxyl groups excluding tert-OH is 1. The minimum absolute atomic E-state index is 0.150. The summed E-state index contributed by atoms with van der Waals surface area (Å²) in [6, 6.07) is 7.80. The summed E-state index contributed by atoms with van der Waals surface area (Å²) in [7, 11) is 0. The molecule has 20 heavy (non-hydrogen) atoms. The quantitative estimate of drug-likeness (QED) is 0.784. The average molecular weight is 307 g/mol. The molecule has 104 valence electrons. The van der Waals surface area contributed by atoms with Gasteiger partial charge in [-0.05, 0) is 36.5 Å². The SMILES string of the molecule is OCC(Cc1cccc(Cl)c1)Cc1cn2ccsc2n1. The third-order valence-corrected chi connectivity index (χ3v) is 4.32. The number of hydrogen-bond acceptors (Lipinski definition) is 3. The van der Waals surface area contributed by atoms with E-state index in [-0.39, 0.29) is 12.5 Å². The average Bonchev–Trinajstić information content (AvgIpc) is 2.98. The number of halogens is 1. The first-order valence-corrected chi connectivity index (χ1v) is 7.77. The topological polar surface area (TPSA) is 37.5 Å². The van der Waals surface area contributed by atoms with E-state index < -0.39 is 0 Å². The molecule has 0 aliphatic rings. The second kappa shape index (κ2) is 5.95. The van der Waals surface area contributed by atoms with Crippen LogP contribution in [0.2, 0.25) is 5.02 Å². The van der Waals surface area contributed by atoms with Gasteiger partial charge in [-0.25, -0.2) is 4.98 Å². The number of rotatable bonds is 5. The fourth-order valence-corrected chi connectivity index (χ4v) is 3.30. The molecule has 0 aliphatic carbocycles. The maximum atomic E-state index is 9.58. The number of aromatic nitrogens is 2. The van der Waals surface area contributed by atoms with Crippen molar-refractivity contribution in [3.63, 3.8) is 0 Å². The van der Waals surface area contributed by atoms with Gasteiger partial charge in [-0.1, -0.05) is 23.7 Å². The van der Waals surface area contributed by atoms with Crippen molar-refractivity contribution >= 4 is 27.9 Å². The summed E-state index contributed by atoms with van der Waals surface area (Å²) in [4.78, 5) is 5.56. The smallest absolute Gasteiger partial charge is 0.193 e. The molecule has 2 aromatic heterocycles. The normalized spacial score (nSPS) is 12.9. The molecule has 0 saturated heterocycles. The molecule has 0 amide bonds. The van der Waals surface area contributed by atoms with E-state index in [9.17, 15) is 5.11 Å². The van der Waals surface area contributed by atoms with Gasteiger partial charge >= 0.3 is 0 Å². The Kier molecular flexibility index (Phi) is 4.05. The summed E-state index contributed by atoms with van der Waals surface area (Å²) in [5.41, 5.74) is 2.18. The van der Waals surface area contributed by atoms with Gasteiger partial charge in [0.25, 0.3) is 0 Å². The minimum atomic E-state index is 0.150. The molecule has 1 unspecified atom stereocenters. The summed E-state index contributed by atoms with van der Waals surface area (Å²) >= 11 is 7.61. The molecule has 5 heteroatoms. The van der Waals surface area contributed by atoms with E-state index >= 15 is 0 Å². The van der Waals surface area contributed by atoms with Crippen LogP contribution in [0.4, 0.5) is 0 Å². The van der Waals surface area contributed by atoms with Crippen molar-refractivity contribution in [3.8, 4) is 0 Å². The lowest BCUT2D eigenvalue weighted by Gasteiger charge is -2.12. The van der Waals surface area contributed by atoms with Crippen LogP contribution in [0.1, 0.15) is 11.3 Å². The molecule has 3 aromatic rings. The van der Waals surface area contributed by atoms with Crippen molar-refractivity contribution in [2.75, 3.05) is 6.61 Å². The summed E-state index contributed by atoms with van der Waals surface area (Å²) in [5, 5.41) is 12.3. The van der Waals surface area contributed by atoms with Crippen molar-refractivity contribution in [2.45, 2.75) is 12.8 Å². The van der Waals surface area contributed by atoms with Crippen molar-refractivity contribution in [1.82, 2.24) is 9.38 Å². The van der Waals surface area contributed by atoms with Crippen LogP contribution in [0.3, 0.4) is 0 Å². The van der Waals surface area contributed by atoms with Crippen LogP contribution in [0.25, 0.3) is 4.96 Å². The Morgan fingerprint density at radius 3 is 3.00 bits per heavy atom. The van der Waals surface area contributed by atoms with Crippen molar-refractivity contribution in [2.24, 2.45) is 5.92 Å². The van der Waals surface area contributed by atoms with Crippen molar-refractivity contribution in [3.05, 3.63) is 58.3 Å². The second-order valence-electron chi connectivity index (χ2n) is 4.91. The van der Waals surface area contributed by atoms with Gasteiger partial charge in [0.15, 0.2) is 4.96 Å². The van der Waals surface area contributed by atoms with Crippen molar-refractivity contribution < 1.29 is 5.11 Å². The van der Waals surface area contributed by atoms with Crippen LogP contribution < -0.4 is 0 Å². The van der Waals surface area contributed by atoms with Gasteiger partial charge in [0.1, 0.15) is 0 Å². The number of thiazole rings is 1. The summed E-state index contributed by atoms with van der Waals surface area (Å²) in [6.45, 7) is 0.150. The lowest BCUT2D eigenvalue weighted by molar-refractivity contribution is 0.224. The fraction of sp³-hybridized carbons (Fsp3) is 0.267. The summed E-state index contributed by atoms with van der Waals surface area (Å²) in [5.74, 6) is 0.165. The molecule has 0 aliphatic heterocycles. The first-order chi connectivity index (χ1) is 9.74. The van der Waals surface area contributed by atoms with Gasteiger partial charge in [-0.3, -0.25) is 4.40 Å². The molecule has 0 bridgehead atoms. The van der Waals surface area contributed by atoms with Gasteiger partial charge in [-0.2, -0.15) is 0 Å². The van der Waals surface area contributed by atoms with E-state index in [0.29, 0.717) is 0 Å². The summed E-state index contributed by atoms with van der Waals surface area (Å²) < 4.78 is 2.02. The van der Waals surface area contributed by atoms with E-state index in [1.54, 1.807) is 11.3 Å². The molecule has 1 atom stereocenters. The number of benzene rings is 1. The Morgan fingerprint density at radius 2 is 2.25 bits per heavy atom. The molecular formula is C15H15ClN2OS. The van der Waals surface area contributed by atoms with Gasteiger partial charge in [-0.15, -0.1) is 11.3 Å². The molecule has 0 radical (unpaired) electrons. The Bertz CT molecular complexity index is 678. The van der Waals surface area contributed by atoms with Crippen LogP contribution in [0.5, 0.6) is 0 Å². The zero-order valence-electron chi connectivity index (χ0n) is 10.9. The lowest BCUT2D eigenvalue weighted by Crippen LogP contribution is -2.13. The van der Waals surface area contributed by atoms with E-state index in [4.69, 9.17) is 11.6 Å². The van der Waals surface area contributed by atoms with Gasteiger partial charge in [0.05, 0.1) is 5.69 Å². The lowest BCUT2D eigenvalue weighted by atomic mass is 9.96. The Balaban J connectivity index is 1.72. The van der Waals surface area contributed by atoms with Crippen molar-refractivity contribution in [1.29, 1.82) is 0 Å².